The number of hydrogen-bond acceptors (Lipinski definition) is 3. The van der Waals surface area contributed by atoms with Crippen molar-refractivity contribution in [3.63, 3.8) is 0 Å². The second-order valence-corrected chi connectivity index (χ2v) is 5.73. The van der Waals surface area contributed by atoms with Crippen molar-refractivity contribution >= 4 is 11.9 Å². The first kappa shape index (κ1) is 18.3. The maximum atomic E-state index is 13.1. The first-order chi connectivity index (χ1) is 11.2. The Bertz CT molecular complexity index is 618. The van der Waals surface area contributed by atoms with Crippen LogP contribution in [0.3, 0.4) is 0 Å². The van der Waals surface area contributed by atoms with E-state index in [0.717, 1.165) is 6.07 Å². The molecule has 0 bridgehead atoms. The molecule has 0 aromatic heterocycles. The van der Waals surface area contributed by atoms with Crippen LogP contribution in [-0.4, -0.2) is 47.7 Å². The number of nitrogens with zero attached hydrogens (tertiary/aromatic N) is 1. The van der Waals surface area contributed by atoms with E-state index in [0.29, 0.717) is 0 Å². The summed E-state index contributed by atoms with van der Waals surface area (Å²) in [5, 5.41) is 8.94. The van der Waals surface area contributed by atoms with Crippen molar-refractivity contribution in [3.05, 3.63) is 35.4 Å². The third kappa shape index (κ3) is 4.25. The molecule has 1 N–H and O–H groups in total. The molecule has 2 atom stereocenters. The molecule has 5 nitrogen and oxygen atoms in total. The van der Waals surface area contributed by atoms with Crippen molar-refractivity contribution in [2.75, 3.05) is 19.7 Å². The quantitative estimate of drug-likeness (QED) is 0.911. The molecule has 1 heterocycles. The summed E-state index contributed by atoms with van der Waals surface area (Å²) in [5.74, 6) is -2.18. The van der Waals surface area contributed by atoms with Crippen LogP contribution in [0.1, 0.15) is 30.4 Å². The Kier molecular flexibility index (Phi) is 5.48. The fourth-order valence-electron chi connectivity index (χ4n) is 2.71. The molecule has 1 amide bonds. The summed E-state index contributed by atoms with van der Waals surface area (Å²) in [4.78, 5) is 24.6. The van der Waals surface area contributed by atoms with E-state index in [2.05, 4.69) is 0 Å². The number of rotatable bonds is 4. The summed E-state index contributed by atoms with van der Waals surface area (Å²) in [5.41, 5.74) is -0.697. The highest BCUT2D eigenvalue weighted by Gasteiger charge is 2.35. The van der Waals surface area contributed by atoms with Crippen LogP contribution in [0.4, 0.5) is 13.2 Å². The molecule has 1 aromatic rings. The van der Waals surface area contributed by atoms with Gasteiger partial charge in [0.15, 0.2) is 6.10 Å². The number of alkyl halides is 3. The highest BCUT2D eigenvalue weighted by molar-refractivity contribution is 5.79. The number of carbonyl (C=O) groups is 2. The molecule has 8 heteroatoms. The molecule has 1 aliphatic rings. The summed E-state index contributed by atoms with van der Waals surface area (Å²) < 4.78 is 44.2. The highest BCUT2D eigenvalue weighted by atomic mass is 19.4. The molecule has 1 saturated heterocycles. The van der Waals surface area contributed by atoms with E-state index in [9.17, 15) is 22.8 Å². The van der Waals surface area contributed by atoms with Crippen molar-refractivity contribution in [2.45, 2.75) is 31.5 Å². The number of hydrogen-bond donors (Lipinski definition) is 1. The van der Waals surface area contributed by atoms with E-state index >= 15 is 0 Å². The molecule has 1 aliphatic heterocycles. The van der Waals surface area contributed by atoms with Gasteiger partial charge < -0.3 is 14.7 Å². The maximum absolute atomic E-state index is 13.1. The van der Waals surface area contributed by atoms with Gasteiger partial charge in [-0.2, -0.15) is 13.2 Å². The van der Waals surface area contributed by atoms with Crippen molar-refractivity contribution in [1.82, 2.24) is 4.90 Å². The van der Waals surface area contributed by atoms with Crippen molar-refractivity contribution < 1.29 is 32.6 Å². The van der Waals surface area contributed by atoms with Crippen LogP contribution in [0.5, 0.6) is 0 Å². The standard InChI is InChI=1S/C16H18F3NO4/c1-10(11-4-2-3-5-12(11)16(17,18)19)8-14(21)20-6-7-24-13(9-20)15(22)23/h2-5,10,13H,6-9H2,1H3,(H,22,23)/t10-,13-/m1/s1. The van der Waals surface area contributed by atoms with Crippen LogP contribution in [0, 0.1) is 0 Å². The van der Waals surface area contributed by atoms with E-state index in [1.54, 1.807) is 6.92 Å². The predicted molar refractivity (Wildman–Crippen MR) is 78.4 cm³/mol. The van der Waals surface area contributed by atoms with Crippen LogP contribution in [0.15, 0.2) is 24.3 Å². The first-order valence-electron chi connectivity index (χ1n) is 7.48. The minimum absolute atomic E-state index is 0.0568. The average molecular weight is 345 g/mol. The summed E-state index contributed by atoms with van der Waals surface area (Å²) >= 11 is 0. The molecule has 1 aromatic carbocycles. The van der Waals surface area contributed by atoms with Gasteiger partial charge in [0.25, 0.3) is 0 Å². The third-order valence-electron chi connectivity index (χ3n) is 3.97. The Morgan fingerprint density at radius 3 is 2.67 bits per heavy atom. The molecule has 2 rings (SSSR count). The van der Waals surface area contributed by atoms with E-state index in [1.165, 1.54) is 23.1 Å². The molecule has 24 heavy (non-hydrogen) atoms. The summed E-state index contributed by atoms with van der Waals surface area (Å²) in [7, 11) is 0. The number of ether oxygens (including phenoxy) is 1. The molecule has 1 fully saturated rings. The van der Waals surface area contributed by atoms with Crippen molar-refractivity contribution in [1.29, 1.82) is 0 Å². The van der Waals surface area contributed by atoms with Crippen LogP contribution >= 0.6 is 0 Å². The van der Waals surface area contributed by atoms with Gasteiger partial charge in [-0.05, 0) is 17.5 Å². The molecule has 0 saturated carbocycles. The Balaban J connectivity index is 2.08. The summed E-state index contributed by atoms with van der Waals surface area (Å²) in [6.07, 6.45) is -5.71. The van der Waals surface area contributed by atoms with Crippen molar-refractivity contribution in [3.8, 4) is 0 Å². The monoisotopic (exact) mass is 345 g/mol. The van der Waals surface area contributed by atoms with Crippen LogP contribution in [0.2, 0.25) is 0 Å². The van der Waals surface area contributed by atoms with E-state index in [-0.39, 0.29) is 37.6 Å². The largest absolute Gasteiger partial charge is 0.479 e. The Hall–Kier alpha value is -2.09. The fourth-order valence-corrected chi connectivity index (χ4v) is 2.71. The second kappa shape index (κ2) is 7.21. The molecular weight excluding hydrogens is 327 g/mol. The molecular formula is C16H18F3NO4. The zero-order valence-corrected chi connectivity index (χ0v) is 13.0. The predicted octanol–water partition coefficient (Wildman–Crippen LogP) is 2.51. The molecule has 132 valence electrons. The second-order valence-electron chi connectivity index (χ2n) is 5.73. The SMILES string of the molecule is C[C@H](CC(=O)N1CCO[C@@H](C(=O)O)C1)c1ccccc1C(F)(F)F. The number of amides is 1. The van der Waals surface area contributed by atoms with Crippen LogP contribution in [-0.2, 0) is 20.5 Å². The molecule has 0 radical (unpaired) electrons. The number of benzene rings is 1. The number of aliphatic carboxylic acids is 1. The molecule has 0 aliphatic carbocycles. The Labute approximate surface area is 137 Å². The fraction of sp³-hybridized carbons (Fsp3) is 0.500. The lowest BCUT2D eigenvalue weighted by molar-refractivity contribution is -0.159. The Morgan fingerprint density at radius 1 is 1.38 bits per heavy atom. The first-order valence-corrected chi connectivity index (χ1v) is 7.48. The van der Waals surface area contributed by atoms with Crippen LogP contribution < -0.4 is 0 Å². The minimum Gasteiger partial charge on any atom is -0.479 e. The van der Waals surface area contributed by atoms with Gasteiger partial charge in [-0.15, -0.1) is 0 Å². The Morgan fingerprint density at radius 2 is 2.04 bits per heavy atom. The lowest BCUT2D eigenvalue weighted by Gasteiger charge is -2.31. The number of carboxylic acids is 1. The van der Waals surface area contributed by atoms with Gasteiger partial charge in [0.2, 0.25) is 5.91 Å². The number of morpholine rings is 1. The molecule has 0 unspecified atom stereocenters. The van der Waals surface area contributed by atoms with Crippen LogP contribution in [0.25, 0.3) is 0 Å². The van der Waals surface area contributed by atoms with Gasteiger partial charge in [-0.3, -0.25) is 4.79 Å². The normalized spacial score (nSPS) is 19.8. The topological polar surface area (TPSA) is 66.8 Å². The van der Waals surface area contributed by atoms with Gasteiger partial charge in [0.1, 0.15) is 0 Å². The van der Waals surface area contributed by atoms with Gasteiger partial charge in [0.05, 0.1) is 18.7 Å². The molecule has 0 spiro atoms. The third-order valence-corrected chi connectivity index (χ3v) is 3.97. The number of halogens is 3. The highest BCUT2D eigenvalue weighted by Crippen LogP contribution is 2.36. The zero-order chi connectivity index (χ0) is 17.9. The van der Waals surface area contributed by atoms with E-state index < -0.39 is 29.7 Å². The lowest BCUT2D eigenvalue weighted by Crippen LogP contribution is -2.48. The van der Waals surface area contributed by atoms with Gasteiger partial charge in [0, 0.05) is 13.0 Å². The number of carbonyl (C=O) groups excluding carboxylic acids is 1. The van der Waals surface area contributed by atoms with Crippen molar-refractivity contribution in [2.24, 2.45) is 0 Å². The zero-order valence-electron chi connectivity index (χ0n) is 13.0. The minimum atomic E-state index is -4.48. The van der Waals surface area contributed by atoms with Gasteiger partial charge >= 0.3 is 12.1 Å². The lowest BCUT2D eigenvalue weighted by atomic mass is 9.92. The maximum Gasteiger partial charge on any atom is 0.416 e. The summed E-state index contributed by atoms with van der Waals surface area (Å²) in [6.45, 7) is 1.78. The van der Waals surface area contributed by atoms with Gasteiger partial charge in [-0.25, -0.2) is 4.79 Å². The van der Waals surface area contributed by atoms with Gasteiger partial charge in [-0.1, -0.05) is 25.1 Å². The average Bonchev–Trinajstić information content (AvgIpc) is 2.54. The van der Waals surface area contributed by atoms with E-state index in [1.807, 2.05) is 0 Å². The van der Waals surface area contributed by atoms with E-state index in [4.69, 9.17) is 9.84 Å². The smallest absolute Gasteiger partial charge is 0.416 e. The summed E-state index contributed by atoms with van der Waals surface area (Å²) in [6, 6.07) is 5.16. The number of carboxylic acid groups (broad SMARTS) is 1.